The number of hydrogen-bond acceptors (Lipinski definition) is 3. The van der Waals surface area contributed by atoms with E-state index in [1.165, 1.54) is 18.9 Å². The van der Waals surface area contributed by atoms with Crippen molar-refractivity contribution in [3.63, 3.8) is 0 Å². The molecule has 1 saturated heterocycles. The van der Waals surface area contributed by atoms with Gasteiger partial charge in [-0.2, -0.15) is 13.2 Å². The van der Waals surface area contributed by atoms with Gasteiger partial charge in [0.2, 0.25) is 10.0 Å². The predicted molar refractivity (Wildman–Crippen MR) is 80.5 cm³/mol. The molecule has 1 heterocycles. The average Bonchev–Trinajstić information content (AvgIpc) is 2.88. The molecular weight excluding hydrogens is 329 g/mol. The van der Waals surface area contributed by atoms with E-state index in [2.05, 4.69) is 0 Å². The summed E-state index contributed by atoms with van der Waals surface area (Å²) in [5.74, 6) is 1.05. The van der Waals surface area contributed by atoms with Crippen LogP contribution < -0.4 is 10.0 Å². The number of hydrogen-bond donors (Lipinski definition) is 1. The summed E-state index contributed by atoms with van der Waals surface area (Å²) in [5, 5.41) is 4.91. The molecule has 2 N–H and O–H groups in total. The van der Waals surface area contributed by atoms with E-state index in [1.807, 2.05) is 4.90 Å². The van der Waals surface area contributed by atoms with Crippen LogP contribution in [0.25, 0.3) is 0 Å². The number of sulfonamides is 1. The van der Waals surface area contributed by atoms with Gasteiger partial charge >= 0.3 is 6.18 Å². The summed E-state index contributed by atoms with van der Waals surface area (Å²) in [6, 6.07) is 3.30. The van der Waals surface area contributed by atoms with E-state index in [9.17, 15) is 21.6 Å². The van der Waals surface area contributed by atoms with Crippen LogP contribution in [-0.2, 0) is 16.2 Å². The first-order chi connectivity index (χ1) is 10.7. The highest BCUT2D eigenvalue weighted by Crippen LogP contribution is 2.41. The van der Waals surface area contributed by atoms with Gasteiger partial charge in [-0.3, -0.25) is 0 Å². The number of halogens is 3. The smallest absolute Gasteiger partial charge is 0.371 e. The zero-order chi connectivity index (χ0) is 16.8. The second-order valence-corrected chi connectivity index (χ2v) is 7.96. The van der Waals surface area contributed by atoms with Crippen LogP contribution in [0.5, 0.6) is 0 Å². The molecule has 2 fully saturated rings. The third-order valence-electron chi connectivity index (χ3n) is 4.92. The molecule has 1 aliphatic heterocycles. The Balaban J connectivity index is 1.96. The molecule has 23 heavy (non-hydrogen) atoms. The third kappa shape index (κ3) is 3.33. The van der Waals surface area contributed by atoms with Gasteiger partial charge in [0, 0.05) is 18.8 Å². The number of rotatable bonds is 2. The maximum Gasteiger partial charge on any atom is 0.417 e. The van der Waals surface area contributed by atoms with Crippen molar-refractivity contribution in [2.45, 2.75) is 36.8 Å². The third-order valence-corrected chi connectivity index (χ3v) is 5.89. The van der Waals surface area contributed by atoms with Gasteiger partial charge in [-0.25, -0.2) is 13.6 Å². The molecule has 128 valence electrons. The molecule has 0 bridgehead atoms. The molecule has 3 rings (SSSR count). The van der Waals surface area contributed by atoms with E-state index in [4.69, 9.17) is 5.14 Å². The fourth-order valence-corrected chi connectivity index (χ4v) is 4.54. The fraction of sp³-hybridized carbons (Fsp3) is 0.600. The Hall–Kier alpha value is -1.28. The van der Waals surface area contributed by atoms with Gasteiger partial charge in [0.1, 0.15) is 0 Å². The Labute approximate surface area is 133 Å². The van der Waals surface area contributed by atoms with Crippen molar-refractivity contribution >= 4 is 15.7 Å². The first kappa shape index (κ1) is 16.6. The van der Waals surface area contributed by atoms with Crippen molar-refractivity contribution in [3.05, 3.63) is 23.8 Å². The summed E-state index contributed by atoms with van der Waals surface area (Å²) in [5.41, 5.74) is -0.772. The van der Waals surface area contributed by atoms with Crippen LogP contribution in [0.4, 0.5) is 18.9 Å². The number of fused-ring (bicyclic) bond motifs is 1. The number of primary sulfonamides is 1. The monoisotopic (exact) mass is 348 g/mol. The van der Waals surface area contributed by atoms with E-state index in [-0.39, 0.29) is 0 Å². The zero-order valence-electron chi connectivity index (χ0n) is 12.5. The van der Waals surface area contributed by atoms with Gasteiger partial charge in [0.25, 0.3) is 0 Å². The molecule has 1 aliphatic carbocycles. The molecule has 8 heteroatoms. The highest BCUT2D eigenvalue weighted by atomic mass is 32.2. The van der Waals surface area contributed by atoms with E-state index in [0.29, 0.717) is 17.5 Å². The van der Waals surface area contributed by atoms with Crippen molar-refractivity contribution < 1.29 is 21.6 Å². The summed E-state index contributed by atoms with van der Waals surface area (Å²) in [7, 11) is -4.42. The molecule has 2 unspecified atom stereocenters. The van der Waals surface area contributed by atoms with Crippen LogP contribution in [0, 0.1) is 11.8 Å². The van der Waals surface area contributed by atoms with Crippen LogP contribution in [0.15, 0.2) is 23.1 Å². The summed E-state index contributed by atoms with van der Waals surface area (Å²) in [6.45, 7) is 1.47. The van der Waals surface area contributed by atoms with Gasteiger partial charge in [0.15, 0.2) is 0 Å². The molecule has 0 radical (unpaired) electrons. The van der Waals surface area contributed by atoms with Crippen molar-refractivity contribution in [3.8, 4) is 0 Å². The normalized spacial score (nSPS) is 25.5. The minimum absolute atomic E-state index is 0.416. The summed E-state index contributed by atoms with van der Waals surface area (Å²) < 4.78 is 62.4. The Kier molecular flexibility index (Phi) is 4.08. The van der Waals surface area contributed by atoms with Crippen LogP contribution in [0.1, 0.15) is 31.2 Å². The van der Waals surface area contributed by atoms with Gasteiger partial charge in [-0.05, 0) is 42.9 Å². The van der Waals surface area contributed by atoms with Crippen LogP contribution >= 0.6 is 0 Å². The van der Waals surface area contributed by atoms with Crippen molar-refractivity contribution in [2.24, 2.45) is 17.0 Å². The molecule has 1 saturated carbocycles. The minimum Gasteiger partial charge on any atom is -0.371 e. The topological polar surface area (TPSA) is 63.4 Å². The molecule has 1 aromatic rings. The fourth-order valence-electron chi connectivity index (χ4n) is 3.80. The van der Waals surface area contributed by atoms with Gasteiger partial charge < -0.3 is 4.90 Å². The van der Waals surface area contributed by atoms with E-state index in [1.54, 1.807) is 0 Å². The second-order valence-electron chi connectivity index (χ2n) is 6.43. The first-order valence-corrected chi connectivity index (χ1v) is 9.20. The summed E-state index contributed by atoms with van der Waals surface area (Å²) in [4.78, 5) is 1.06. The minimum atomic E-state index is -4.76. The lowest BCUT2D eigenvalue weighted by Crippen LogP contribution is -2.23. The summed E-state index contributed by atoms with van der Waals surface area (Å²) >= 11 is 0. The van der Waals surface area contributed by atoms with E-state index < -0.39 is 26.7 Å². The highest BCUT2D eigenvalue weighted by molar-refractivity contribution is 7.89. The second kappa shape index (κ2) is 5.66. The predicted octanol–water partition coefficient (Wildman–Crippen LogP) is 2.98. The number of anilines is 1. The molecule has 1 aromatic carbocycles. The quantitative estimate of drug-likeness (QED) is 0.894. The van der Waals surface area contributed by atoms with Gasteiger partial charge in [-0.1, -0.05) is 12.8 Å². The van der Waals surface area contributed by atoms with E-state index in [0.717, 1.165) is 38.1 Å². The van der Waals surface area contributed by atoms with E-state index >= 15 is 0 Å². The number of nitrogens with two attached hydrogens (primary N) is 1. The highest BCUT2D eigenvalue weighted by Gasteiger charge is 2.39. The van der Waals surface area contributed by atoms with Crippen LogP contribution in [0.3, 0.4) is 0 Å². The lowest BCUT2D eigenvalue weighted by molar-refractivity contribution is -0.139. The molecule has 2 atom stereocenters. The molecule has 2 aliphatic rings. The zero-order valence-corrected chi connectivity index (χ0v) is 13.3. The Morgan fingerprint density at radius 3 is 2.13 bits per heavy atom. The summed E-state index contributed by atoms with van der Waals surface area (Å²) in [6.07, 6.45) is -0.185. The number of benzene rings is 1. The molecule has 0 spiro atoms. The van der Waals surface area contributed by atoms with Crippen molar-refractivity contribution in [2.75, 3.05) is 18.0 Å². The number of alkyl halides is 3. The largest absolute Gasteiger partial charge is 0.417 e. The standard InChI is InChI=1S/C15H19F3N2O2S/c16-15(17,18)13-7-12(5-6-14(13)23(19,21)22)20-8-10-3-1-2-4-11(10)9-20/h5-7,10-11H,1-4,8-9H2,(H2,19,21,22). The average molecular weight is 348 g/mol. The van der Waals surface area contributed by atoms with Crippen molar-refractivity contribution in [1.29, 1.82) is 0 Å². The van der Waals surface area contributed by atoms with Crippen LogP contribution in [-0.4, -0.2) is 21.5 Å². The number of nitrogens with zero attached hydrogens (tertiary/aromatic N) is 1. The lowest BCUT2D eigenvalue weighted by Gasteiger charge is -2.22. The lowest BCUT2D eigenvalue weighted by atomic mass is 9.82. The Morgan fingerprint density at radius 1 is 1.09 bits per heavy atom. The molecule has 0 amide bonds. The van der Waals surface area contributed by atoms with Crippen molar-refractivity contribution in [1.82, 2.24) is 0 Å². The van der Waals surface area contributed by atoms with Gasteiger partial charge in [0.05, 0.1) is 10.5 Å². The van der Waals surface area contributed by atoms with Gasteiger partial charge in [-0.15, -0.1) is 0 Å². The van der Waals surface area contributed by atoms with Crippen LogP contribution in [0.2, 0.25) is 0 Å². The molecule has 4 nitrogen and oxygen atoms in total. The molecule has 0 aromatic heterocycles. The SMILES string of the molecule is NS(=O)(=O)c1ccc(N2CC3CCCCC3C2)cc1C(F)(F)F. The Bertz CT molecular complexity index is 689. The first-order valence-electron chi connectivity index (χ1n) is 7.65. The maximum atomic E-state index is 13.2. The maximum absolute atomic E-state index is 13.2. The molecular formula is C15H19F3N2O2S. The Morgan fingerprint density at radius 2 is 1.65 bits per heavy atom.